The molecule has 0 aliphatic carbocycles. The Bertz CT molecular complexity index is 728. The predicted molar refractivity (Wildman–Crippen MR) is 195 cm³/mol. The molecular formula is C40H77NO6. The number of carbonyl (C=O) groups is 2. The first-order chi connectivity index (χ1) is 22.8. The number of aliphatic hydroxyl groups is 1. The Kier molecular flexibility index (Phi) is 27.7. The van der Waals surface area contributed by atoms with Crippen molar-refractivity contribution in [3.8, 4) is 0 Å². The number of likely N-dealkylation sites (tertiary alicyclic amines) is 1. The molecule has 7 nitrogen and oxygen atoms in total. The summed E-state index contributed by atoms with van der Waals surface area (Å²) >= 11 is 0. The Hall–Kier alpha value is -1.18. The summed E-state index contributed by atoms with van der Waals surface area (Å²) in [6, 6.07) is 0. The minimum atomic E-state index is -0.637. The van der Waals surface area contributed by atoms with Gasteiger partial charge in [-0.3, -0.25) is 9.59 Å². The molecular weight excluding hydrogens is 590 g/mol. The number of unbranched alkanes of at least 4 members (excludes halogenated alkanes) is 13. The van der Waals surface area contributed by atoms with Crippen molar-refractivity contribution in [3.05, 3.63) is 0 Å². The van der Waals surface area contributed by atoms with Gasteiger partial charge in [-0.1, -0.05) is 111 Å². The minimum Gasteiger partial charge on any atom is -0.466 e. The maximum absolute atomic E-state index is 12.4. The lowest BCUT2D eigenvalue weighted by Crippen LogP contribution is -2.34. The molecule has 2 atom stereocenters. The molecule has 2 unspecified atom stereocenters. The van der Waals surface area contributed by atoms with E-state index in [0.717, 1.165) is 116 Å². The summed E-state index contributed by atoms with van der Waals surface area (Å²) in [5.74, 6) is -0.0917. The number of piperidine rings is 1. The molecule has 1 aliphatic heterocycles. The van der Waals surface area contributed by atoms with E-state index in [1.807, 2.05) is 0 Å². The number of nitrogens with zero attached hydrogens (tertiary/aromatic N) is 1. The van der Waals surface area contributed by atoms with Crippen LogP contribution in [0.3, 0.4) is 0 Å². The monoisotopic (exact) mass is 668 g/mol. The van der Waals surface area contributed by atoms with E-state index in [1.54, 1.807) is 0 Å². The molecule has 0 spiro atoms. The first kappa shape index (κ1) is 43.8. The highest BCUT2D eigenvalue weighted by atomic mass is 16.5. The maximum atomic E-state index is 12.4. The van der Waals surface area contributed by atoms with Crippen molar-refractivity contribution < 1.29 is 28.9 Å². The molecule has 278 valence electrons. The fourth-order valence-corrected chi connectivity index (χ4v) is 6.68. The third kappa shape index (κ3) is 24.6. The first-order valence-electron chi connectivity index (χ1n) is 20.2. The van der Waals surface area contributed by atoms with Gasteiger partial charge < -0.3 is 24.2 Å². The van der Waals surface area contributed by atoms with Crippen LogP contribution >= 0.6 is 0 Å². The van der Waals surface area contributed by atoms with Crippen LogP contribution in [0.25, 0.3) is 0 Å². The average molecular weight is 668 g/mol. The van der Waals surface area contributed by atoms with Crippen LogP contribution in [0.5, 0.6) is 0 Å². The van der Waals surface area contributed by atoms with Crippen molar-refractivity contribution >= 4 is 11.9 Å². The highest BCUT2D eigenvalue weighted by Crippen LogP contribution is 2.29. The zero-order chi connectivity index (χ0) is 34.4. The molecule has 0 bridgehead atoms. The third-order valence-corrected chi connectivity index (χ3v) is 10.0. The molecule has 1 rings (SSSR count). The van der Waals surface area contributed by atoms with Crippen molar-refractivity contribution in [2.75, 3.05) is 40.0 Å². The topological polar surface area (TPSA) is 85.3 Å². The van der Waals surface area contributed by atoms with E-state index < -0.39 is 5.60 Å². The summed E-state index contributed by atoms with van der Waals surface area (Å²) in [4.78, 5) is 27.1. The molecule has 0 aromatic heterocycles. The normalized spacial score (nSPS) is 16.2. The SMILES string of the molecule is CCCCCCCC(O)(CCCCCCOC(=O)CCC(CCCCCC)OCCCCC)CCCCOC(=O)C1CCN(C)CC1. The van der Waals surface area contributed by atoms with E-state index in [1.165, 1.54) is 64.2 Å². The zero-order valence-electron chi connectivity index (χ0n) is 31.5. The number of rotatable bonds is 32. The third-order valence-electron chi connectivity index (χ3n) is 10.0. The van der Waals surface area contributed by atoms with E-state index in [9.17, 15) is 14.7 Å². The summed E-state index contributed by atoms with van der Waals surface area (Å²) in [6.07, 6.45) is 26.6. The molecule has 1 fully saturated rings. The molecule has 0 radical (unpaired) electrons. The molecule has 0 aromatic carbocycles. The van der Waals surface area contributed by atoms with E-state index >= 15 is 0 Å². The van der Waals surface area contributed by atoms with Crippen LogP contribution in [0, 0.1) is 5.92 Å². The van der Waals surface area contributed by atoms with Gasteiger partial charge >= 0.3 is 11.9 Å². The number of carbonyl (C=O) groups excluding carboxylic acids is 2. The fourth-order valence-electron chi connectivity index (χ4n) is 6.68. The molecule has 1 N–H and O–H groups in total. The molecule has 0 saturated carbocycles. The highest BCUT2D eigenvalue weighted by molar-refractivity contribution is 5.72. The van der Waals surface area contributed by atoms with Crippen LogP contribution in [0.15, 0.2) is 0 Å². The standard InChI is InChI=1S/C40H77NO6/c1-5-8-11-13-17-28-40(44,30-19-22-35-47-39(43)36-26-31-41(4)32-27-36)29-18-14-15-21-34-46-38(42)25-24-37(23-16-12-9-6-2)45-33-20-10-7-3/h36-37,44H,5-35H2,1-4H3. The second kappa shape index (κ2) is 29.7. The van der Waals surface area contributed by atoms with Gasteiger partial charge in [-0.2, -0.15) is 0 Å². The Labute approximate surface area is 290 Å². The fraction of sp³-hybridized carbons (Fsp3) is 0.950. The number of hydrogen-bond acceptors (Lipinski definition) is 7. The van der Waals surface area contributed by atoms with Gasteiger partial charge in [0, 0.05) is 13.0 Å². The van der Waals surface area contributed by atoms with Crippen LogP contribution in [0.2, 0.25) is 0 Å². The van der Waals surface area contributed by atoms with Crippen molar-refractivity contribution in [2.45, 2.75) is 199 Å². The zero-order valence-corrected chi connectivity index (χ0v) is 31.5. The predicted octanol–water partition coefficient (Wildman–Crippen LogP) is 9.95. The summed E-state index contributed by atoms with van der Waals surface area (Å²) in [6.45, 7) is 10.3. The molecule has 7 heteroatoms. The minimum absolute atomic E-state index is 0.0382. The largest absolute Gasteiger partial charge is 0.466 e. The first-order valence-corrected chi connectivity index (χ1v) is 20.2. The van der Waals surface area contributed by atoms with Gasteiger partial charge in [-0.15, -0.1) is 0 Å². The lowest BCUT2D eigenvalue weighted by Gasteiger charge is -2.29. The number of esters is 2. The average Bonchev–Trinajstić information content (AvgIpc) is 3.06. The number of ether oxygens (including phenoxy) is 3. The Morgan fingerprint density at radius 2 is 1.15 bits per heavy atom. The molecule has 1 heterocycles. The van der Waals surface area contributed by atoms with Gasteiger partial charge in [-0.25, -0.2) is 0 Å². The lowest BCUT2D eigenvalue weighted by molar-refractivity contribution is -0.150. The summed E-state index contributed by atoms with van der Waals surface area (Å²) < 4.78 is 17.3. The van der Waals surface area contributed by atoms with Gasteiger partial charge in [0.2, 0.25) is 0 Å². The van der Waals surface area contributed by atoms with Gasteiger partial charge in [0.15, 0.2) is 0 Å². The summed E-state index contributed by atoms with van der Waals surface area (Å²) in [5, 5.41) is 11.6. The smallest absolute Gasteiger partial charge is 0.309 e. The second-order valence-electron chi connectivity index (χ2n) is 14.6. The van der Waals surface area contributed by atoms with Crippen LogP contribution in [-0.4, -0.2) is 73.6 Å². The van der Waals surface area contributed by atoms with Gasteiger partial charge in [0.05, 0.1) is 30.8 Å². The van der Waals surface area contributed by atoms with Gasteiger partial charge in [0.25, 0.3) is 0 Å². The Balaban J connectivity index is 2.29. The highest BCUT2D eigenvalue weighted by Gasteiger charge is 2.26. The van der Waals surface area contributed by atoms with Gasteiger partial charge in [-0.05, 0) is 90.8 Å². The lowest BCUT2D eigenvalue weighted by atomic mass is 9.85. The van der Waals surface area contributed by atoms with E-state index in [2.05, 4.69) is 32.7 Å². The van der Waals surface area contributed by atoms with Crippen molar-refractivity contribution in [2.24, 2.45) is 5.92 Å². The second-order valence-corrected chi connectivity index (χ2v) is 14.6. The maximum Gasteiger partial charge on any atom is 0.309 e. The summed E-state index contributed by atoms with van der Waals surface area (Å²) in [5.41, 5.74) is -0.637. The quantitative estimate of drug-likeness (QED) is 0.0564. The Morgan fingerprint density at radius 3 is 1.79 bits per heavy atom. The van der Waals surface area contributed by atoms with E-state index in [4.69, 9.17) is 14.2 Å². The molecule has 1 saturated heterocycles. The molecule has 0 aromatic rings. The van der Waals surface area contributed by atoms with Gasteiger partial charge in [0.1, 0.15) is 0 Å². The molecule has 1 aliphatic rings. The van der Waals surface area contributed by atoms with Crippen molar-refractivity contribution in [1.29, 1.82) is 0 Å². The van der Waals surface area contributed by atoms with Crippen molar-refractivity contribution in [1.82, 2.24) is 4.90 Å². The van der Waals surface area contributed by atoms with Crippen LogP contribution in [0.4, 0.5) is 0 Å². The van der Waals surface area contributed by atoms with Crippen LogP contribution in [0.1, 0.15) is 188 Å². The van der Waals surface area contributed by atoms with Crippen LogP contribution < -0.4 is 0 Å². The van der Waals surface area contributed by atoms with Crippen molar-refractivity contribution in [3.63, 3.8) is 0 Å². The number of hydrogen-bond donors (Lipinski definition) is 1. The van der Waals surface area contributed by atoms with E-state index in [-0.39, 0.29) is 24.0 Å². The molecule has 47 heavy (non-hydrogen) atoms. The van der Waals surface area contributed by atoms with E-state index in [0.29, 0.717) is 19.6 Å². The van der Waals surface area contributed by atoms with Crippen LogP contribution in [-0.2, 0) is 23.8 Å². The summed E-state index contributed by atoms with van der Waals surface area (Å²) in [7, 11) is 2.10. The Morgan fingerprint density at radius 1 is 0.660 bits per heavy atom. The molecule has 0 amide bonds.